The summed E-state index contributed by atoms with van der Waals surface area (Å²) in [5.74, 6) is 2.03. The molecule has 1 aromatic heterocycles. The molecule has 132 valence electrons. The largest absolute Gasteiger partial charge is 0.389 e. The van der Waals surface area contributed by atoms with Crippen molar-refractivity contribution in [1.29, 1.82) is 0 Å². The van der Waals surface area contributed by atoms with Crippen molar-refractivity contribution in [2.75, 3.05) is 5.32 Å². The van der Waals surface area contributed by atoms with Crippen molar-refractivity contribution >= 4 is 11.7 Å². The van der Waals surface area contributed by atoms with Gasteiger partial charge in [0.2, 0.25) is 5.91 Å². The Morgan fingerprint density at radius 2 is 1.96 bits per heavy atom. The lowest BCUT2D eigenvalue weighted by Gasteiger charge is -2.27. The maximum atomic E-state index is 12.5. The van der Waals surface area contributed by atoms with Crippen LogP contribution in [0.25, 0.3) is 0 Å². The topological polar surface area (TPSA) is 67.2 Å². The first kappa shape index (κ1) is 16.1. The zero-order valence-corrected chi connectivity index (χ0v) is 14.7. The number of hydrogen-bond acceptors (Lipinski definition) is 3. The van der Waals surface area contributed by atoms with Crippen molar-refractivity contribution in [3.63, 3.8) is 0 Å². The van der Waals surface area contributed by atoms with E-state index in [9.17, 15) is 9.90 Å². The second-order valence-electron chi connectivity index (χ2n) is 8.26. The van der Waals surface area contributed by atoms with Gasteiger partial charge in [0.05, 0.1) is 12.0 Å². The molecule has 5 nitrogen and oxygen atoms in total. The summed E-state index contributed by atoms with van der Waals surface area (Å²) < 4.78 is 1.98. The predicted molar refractivity (Wildman–Crippen MR) is 92.9 cm³/mol. The Labute approximate surface area is 143 Å². The maximum Gasteiger partial charge on any atom is 0.228 e. The van der Waals surface area contributed by atoms with E-state index < -0.39 is 5.60 Å². The number of amides is 1. The standard InChI is InChI=1S/C19H29N3O2/c1-22-15(11-13-7-8-13)17(14-5-4-6-14)18(21-22)20-16(23)12-19(24)9-2-3-10-19/h13-14,24H,2-12H2,1H3,(H,20,21,23). The van der Waals surface area contributed by atoms with Crippen LogP contribution in [0.2, 0.25) is 0 Å². The molecule has 0 aliphatic heterocycles. The number of aromatic nitrogens is 2. The van der Waals surface area contributed by atoms with Crippen LogP contribution in [0.4, 0.5) is 5.82 Å². The lowest BCUT2D eigenvalue weighted by molar-refractivity contribution is -0.120. The zero-order valence-electron chi connectivity index (χ0n) is 14.7. The Hall–Kier alpha value is -1.36. The quantitative estimate of drug-likeness (QED) is 0.840. The maximum absolute atomic E-state index is 12.5. The predicted octanol–water partition coefficient (Wildman–Crippen LogP) is 3.27. The fraction of sp³-hybridized carbons (Fsp3) is 0.789. The van der Waals surface area contributed by atoms with E-state index >= 15 is 0 Å². The van der Waals surface area contributed by atoms with E-state index in [1.165, 1.54) is 43.4 Å². The van der Waals surface area contributed by atoms with Crippen LogP contribution >= 0.6 is 0 Å². The fourth-order valence-electron chi connectivity index (χ4n) is 4.32. The van der Waals surface area contributed by atoms with Crippen LogP contribution in [-0.2, 0) is 18.3 Å². The number of nitrogens with one attached hydrogen (secondary N) is 1. The summed E-state index contributed by atoms with van der Waals surface area (Å²) in [5.41, 5.74) is 1.80. The number of hydrogen-bond donors (Lipinski definition) is 2. The van der Waals surface area contributed by atoms with Gasteiger partial charge in [-0.2, -0.15) is 5.10 Å². The monoisotopic (exact) mass is 331 g/mol. The Morgan fingerprint density at radius 3 is 2.54 bits per heavy atom. The number of rotatable bonds is 6. The molecule has 3 fully saturated rings. The molecule has 2 N–H and O–H groups in total. The molecule has 4 rings (SSSR count). The SMILES string of the molecule is Cn1nc(NC(=O)CC2(O)CCCC2)c(C2CCC2)c1CC1CC1. The van der Waals surface area contributed by atoms with Crippen LogP contribution in [-0.4, -0.2) is 26.4 Å². The van der Waals surface area contributed by atoms with Gasteiger partial charge in [-0.25, -0.2) is 0 Å². The van der Waals surface area contributed by atoms with Crippen molar-refractivity contribution in [2.45, 2.75) is 82.1 Å². The molecule has 5 heteroatoms. The van der Waals surface area contributed by atoms with Gasteiger partial charge < -0.3 is 10.4 Å². The van der Waals surface area contributed by atoms with Crippen LogP contribution in [0.3, 0.4) is 0 Å². The molecule has 24 heavy (non-hydrogen) atoms. The molecule has 1 heterocycles. The average molecular weight is 331 g/mol. The molecule has 0 radical (unpaired) electrons. The van der Waals surface area contributed by atoms with E-state index in [1.807, 2.05) is 11.7 Å². The highest BCUT2D eigenvalue weighted by atomic mass is 16.3. The molecule has 1 aromatic rings. The van der Waals surface area contributed by atoms with E-state index in [4.69, 9.17) is 0 Å². The van der Waals surface area contributed by atoms with E-state index in [1.54, 1.807) is 0 Å². The molecule has 0 aromatic carbocycles. The van der Waals surface area contributed by atoms with Crippen molar-refractivity contribution in [3.05, 3.63) is 11.3 Å². The van der Waals surface area contributed by atoms with Gasteiger partial charge in [-0.3, -0.25) is 9.48 Å². The molecule has 0 unspecified atom stereocenters. The van der Waals surface area contributed by atoms with Gasteiger partial charge in [0.1, 0.15) is 0 Å². The Morgan fingerprint density at radius 1 is 1.25 bits per heavy atom. The number of aryl methyl sites for hydroxylation is 1. The summed E-state index contributed by atoms with van der Waals surface area (Å²) >= 11 is 0. The summed E-state index contributed by atoms with van der Waals surface area (Å²) in [4.78, 5) is 12.5. The summed E-state index contributed by atoms with van der Waals surface area (Å²) in [5, 5.41) is 18.1. The van der Waals surface area contributed by atoms with Gasteiger partial charge in [-0.1, -0.05) is 19.3 Å². The third kappa shape index (κ3) is 3.23. The van der Waals surface area contributed by atoms with Gasteiger partial charge >= 0.3 is 0 Å². The lowest BCUT2D eigenvalue weighted by Crippen LogP contribution is -2.31. The minimum absolute atomic E-state index is 0.0870. The van der Waals surface area contributed by atoms with Gasteiger partial charge in [-0.15, -0.1) is 0 Å². The fourth-order valence-corrected chi connectivity index (χ4v) is 4.32. The molecular formula is C19H29N3O2. The van der Waals surface area contributed by atoms with Crippen LogP contribution in [0.15, 0.2) is 0 Å². The molecule has 0 bridgehead atoms. The highest BCUT2D eigenvalue weighted by Crippen LogP contribution is 2.44. The first-order valence-corrected chi connectivity index (χ1v) is 9.62. The van der Waals surface area contributed by atoms with Gasteiger partial charge in [0, 0.05) is 18.3 Å². The second-order valence-corrected chi connectivity index (χ2v) is 8.26. The number of nitrogens with zero attached hydrogens (tertiary/aromatic N) is 2. The smallest absolute Gasteiger partial charge is 0.228 e. The van der Waals surface area contributed by atoms with E-state index in [0.29, 0.717) is 5.92 Å². The summed E-state index contributed by atoms with van der Waals surface area (Å²) in [6.45, 7) is 0. The minimum atomic E-state index is -0.799. The van der Waals surface area contributed by atoms with Crippen LogP contribution in [0.5, 0.6) is 0 Å². The van der Waals surface area contributed by atoms with Gasteiger partial charge in [0.25, 0.3) is 0 Å². The normalized spacial score (nSPS) is 23.2. The Bertz CT molecular complexity index is 623. The molecular weight excluding hydrogens is 302 g/mol. The highest BCUT2D eigenvalue weighted by molar-refractivity contribution is 5.91. The summed E-state index contributed by atoms with van der Waals surface area (Å²) in [6.07, 6.45) is 11.1. The minimum Gasteiger partial charge on any atom is -0.389 e. The molecule has 3 aliphatic carbocycles. The Balaban J connectivity index is 1.52. The second kappa shape index (κ2) is 6.17. The third-order valence-corrected chi connectivity index (χ3v) is 6.18. The summed E-state index contributed by atoms with van der Waals surface area (Å²) in [7, 11) is 2.00. The first-order chi connectivity index (χ1) is 11.5. The van der Waals surface area contributed by atoms with Crippen LogP contribution < -0.4 is 5.32 Å². The van der Waals surface area contributed by atoms with Crippen molar-refractivity contribution in [2.24, 2.45) is 13.0 Å². The van der Waals surface area contributed by atoms with Crippen molar-refractivity contribution in [1.82, 2.24) is 9.78 Å². The van der Waals surface area contributed by atoms with E-state index in [2.05, 4.69) is 10.4 Å². The number of anilines is 1. The Kier molecular flexibility index (Phi) is 4.15. The van der Waals surface area contributed by atoms with E-state index in [0.717, 1.165) is 43.8 Å². The number of carbonyl (C=O) groups excluding carboxylic acids is 1. The van der Waals surface area contributed by atoms with Crippen LogP contribution in [0, 0.1) is 5.92 Å². The molecule has 3 aliphatic rings. The number of aliphatic hydroxyl groups is 1. The van der Waals surface area contributed by atoms with Gasteiger partial charge in [-0.05, 0) is 56.8 Å². The van der Waals surface area contributed by atoms with Gasteiger partial charge in [0.15, 0.2) is 5.82 Å². The molecule has 3 saturated carbocycles. The highest BCUT2D eigenvalue weighted by Gasteiger charge is 2.35. The lowest BCUT2D eigenvalue weighted by atomic mass is 9.79. The molecule has 0 atom stereocenters. The first-order valence-electron chi connectivity index (χ1n) is 9.62. The average Bonchev–Trinajstić information content (AvgIpc) is 3.12. The van der Waals surface area contributed by atoms with Crippen molar-refractivity contribution in [3.8, 4) is 0 Å². The molecule has 0 saturated heterocycles. The van der Waals surface area contributed by atoms with Crippen LogP contribution in [0.1, 0.15) is 81.4 Å². The van der Waals surface area contributed by atoms with Crippen molar-refractivity contribution < 1.29 is 9.90 Å². The third-order valence-electron chi connectivity index (χ3n) is 6.18. The number of carbonyl (C=O) groups is 1. The zero-order chi connectivity index (χ0) is 16.7. The van der Waals surface area contributed by atoms with E-state index in [-0.39, 0.29) is 12.3 Å². The summed E-state index contributed by atoms with van der Waals surface area (Å²) in [6, 6.07) is 0. The molecule has 1 amide bonds. The molecule has 0 spiro atoms.